The van der Waals surface area contributed by atoms with Crippen LogP contribution in [0.4, 0.5) is 4.39 Å². The zero-order valence-corrected chi connectivity index (χ0v) is 48.2. The minimum Gasteiger partial charge on any atom is -0.384 e. The Labute approximate surface area is 474 Å². The fourth-order valence-corrected chi connectivity index (χ4v) is 13.9. The van der Waals surface area contributed by atoms with Crippen LogP contribution in [-0.2, 0) is 51.0 Å². The predicted molar refractivity (Wildman–Crippen MR) is 305 cm³/mol. The number of nitrogens with one attached hydrogen (secondary N) is 2. The minimum absolute atomic E-state index is 0.0224. The molecular formula is C62H79FN8O8S. The smallest absolute Gasteiger partial charge is 0.261 e. The average molecular weight is 1120 g/mol. The van der Waals surface area contributed by atoms with Gasteiger partial charge in [0.15, 0.2) is 0 Å². The molecule has 18 heteroatoms. The molecule has 2 aromatic carbocycles. The molecule has 5 aliphatic heterocycles. The molecular weight excluding hydrogens is 1040 g/mol. The quantitative estimate of drug-likeness (QED) is 0.0730. The molecule has 5 saturated heterocycles. The van der Waals surface area contributed by atoms with Crippen LogP contribution in [0.2, 0.25) is 0 Å². The Hall–Kier alpha value is -5.17. The molecule has 12 rings (SSSR count). The number of fused-ring (bicyclic) bond motifs is 3. The zero-order valence-electron chi connectivity index (χ0n) is 47.3. The molecule has 2 amide bonds. The van der Waals surface area contributed by atoms with Crippen molar-refractivity contribution in [2.45, 2.75) is 103 Å². The number of halogens is 1. The van der Waals surface area contributed by atoms with Crippen LogP contribution in [-0.4, -0.2) is 166 Å². The van der Waals surface area contributed by atoms with Crippen molar-refractivity contribution in [1.29, 1.82) is 0 Å². The first-order valence-electron chi connectivity index (χ1n) is 28.9. The third-order valence-corrected chi connectivity index (χ3v) is 18.4. The van der Waals surface area contributed by atoms with Crippen molar-refractivity contribution in [2.75, 3.05) is 106 Å². The van der Waals surface area contributed by atoms with Gasteiger partial charge in [-0.15, -0.1) is 11.3 Å². The highest BCUT2D eigenvalue weighted by molar-refractivity contribution is 7.10. The van der Waals surface area contributed by atoms with Crippen molar-refractivity contribution in [3.05, 3.63) is 93.3 Å². The summed E-state index contributed by atoms with van der Waals surface area (Å²) < 4.78 is 52.3. The van der Waals surface area contributed by atoms with Crippen molar-refractivity contribution in [2.24, 2.45) is 23.2 Å². The van der Waals surface area contributed by atoms with E-state index in [0.717, 1.165) is 106 Å². The molecule has 0 radical (unpaired) electrons. The maximum atomic E-state index is 15.3. The fraction of sp³-hybridized carbons (Fsp3) is 0.581. The number of hydrogen-bond donors (Lipinski definition) is 2. The van der Waals surface area contributed by atoms with Crippen LogP contribution < -0.4 is 10.7 Å². The number of carbonyl (C=O) groups is 2. The van der Waals surface area contributed by atoms with Gasteiger partial charge in [-0.25, -0.2) is 14.8 Å². The molecule has 16 nitrogen and oxygen atoms in total. The van der Waals surface area contributed by atoms with Crippen molar-refractivity contribution in [3.63, 3.8) is 0 Å². The van der Waals surface area contributed by atoms with Crippen LogP contribution in [0, 0.1) is 40.8 Å². The maximum absolute atomic E-state index is 15.3. The Balaban J connectivity index is 1.00. The number of ether oxygens (including phenoxy) is 6. The molecule has 2 N–H and O–H groups in total. The highest BCUT2D eigenvalue weighted by Crippen LogP contribution is 2.54. The van der Waals surface area contributed by atoms with E-state index in [1.165, 1.54) is 23.5 Å². The predicted octanol–water partition coefficient (Wildman–Crippen LogP) is 7.80. The number of methoxy groups -OCH3 is 2. The summed E-state index contributed by atoms with van der Waals surface area (Å²) in [6, 6.07) is 13.8. The first-order chi connectivity index (χ1) is 38.9. The Morgan fingerprint density at radius 2 is 1.71 bits per heavy atom. The van der Waals surface area contributed by atoms with Gasteiger partial charge in [0.05, 0.1) is 81.5 Å². The SMILES string of the molecule is COCC(C)(C)Cc1c(-c2cc(C#CCN3CCOCC3)cnc2[C@H](C)OC)n(CCOC2CCOCC2)c2ccc(-c3csc(C([C@H](NC(=O)[C@@H]4[C@@H](C)[C@H]4c4ccc(F)cc4)C(=O)N4NCC5CC4C5)N4CCOCC4)n3)cc12. The van der Waals surface area contributed by atoms with Crippen LogP contribution in [0.1, 0.15) is 98.8 Å². The number of hydrazine groups is 1. The highest BCUT2D eigenvalue weighted by Gasteiger charge is 2.54. The number of hydrogen-bond acceptors (Lipinski definition) is 14. The molecule has 6 atom stereocenters. The van der Waals surface area contributed by atoms with E-state index in [1.807, 2.05) is 13.1 Å². The first kappa shape index (κ1) is 56.7. The number of benzene rings is 2. The summed E-state index contributed by atoms with van der Waals surface area (Å²) >= 11 is 1.52. The lowest BCUT2D eigenvalue weighted by atomic mass is 9.78. The molecule has 80 heavy (non-hydrogen) atoms. The summed E-state index contributed by atoms with van der Waals surface area (Å²) in [7, 11) is 3.48. The number of pyridine rings is 1. The standard InChI is InChI=1S/C62H79FN8O8S/c1-39-53(43-9-12-45(63)13-10-43)54(39)59(72)67-56(61(73)71-46-30-42(31-46)36-65-71)58(69-20-27-78-28-21-69)60-66-51(37-80-60)44-11-14-52-48(33-44)50(34-62(3,4)38-74-5)57(70(52)22-29-79-47-15-23-76-24-16-47)49-32-41(35-64-55(49)40(2)75-6)8-7-17-68-18-25-77-26-19-68/h9-14,32-33,35,37,39-40,42,46-47,53-54,56,58,65H,15-31,34,36,38H2,1-6H3,(H,67,72)/t39-,40-,42?,46?,53-,54+,56-,58?/m0/s1. The Kier molecular flexibility index (Phi) is 17.8. The molecule has 2 aliphatic carbocycles. The number of rotatable bonds is 20. The first-order valence-corrected chi connectivity index (χ1v) is 29.8. The van der Waals surface area contributed by atoms with Crippen molar-refractivity contribution < 1.29 is 42.4 Å². The van der Waals surface area contributed by atoms with Crippen LogP contribution in [0.15, 0.2) is 60.1 Å². The molecule has 5 aromatic rings. The molecule has 7 fully saturated rings. The van der Waals surface area contributed by atoms with E-state index in [9.17, 15) is 9.18 Å². The number of thiazole rings is 1. The number of carbonyl (C=O) groups excluding carboxylic acids is 2. The summed E-state index contributed by atoms with van der Waals surface area (Å²) in [6.45, 7) is 18.2. The van der Waals surface area contributed by atoms with Gasteiger partial charge in [-0.1, -0.05) is 50.8 Å². The normalized spacial score (nSPS) is 23.9. The number of morpholine rings is 2. The largest absolute Gasteiger partial charge is 0.384 e. The number of amides is 2. The summed E-state index contributed by atoms with van der Waals surface area (Å²) in [6.07, 6.45) is 5.94. The van der Waals surface area contributed by atoms with Crippen LogP contribution in [0.25, 0.3) is 33.4 Å². The van der Waals surface area contributed by atoms with Gasteiger partial charge in [-0.05, 0) is 104 Å². The van der Waals surface area contributed by atoms with E-state index in [4.69, 9.17) is 38.4 Å². The fourth-order valence-electron chi connectivity index (χ4n) is 12.9. The molecule has 7 aliphatic rings. The monoisotopic (exact) mass is 1110 g/mol. The third kappa shape index (κ3) is 12.4. The Morgan fingerprint density at radius 3 is 2.42 bits per heavy atom. The second-order valence-corrected chi connectivity index (χ2v) is 24.5. The second kappa shape index (κ2) is 25.1. The van der Waals surface area contributed by atoms with Gasteiger partial charge in [-0.2, -0.15) is 0 Å². The minimum atomic E-state index is -0.944. The molecule has 2 bridgehead atoms. The van der Waals surface area contributed by atoms with Crippen LogP contribution in [0.3, 0.4) is 0 Å². The van der Waals surface area contributed by atoms with Gasteiger partial charge in [-0.3, -0.25) is 29.4 Å². The van der Waals surface area contributed by atoms with E-state index in [-0.39, 0.29) is 59.1 Å². The third-order valence-electron chi connectivity index (χ3n) is 17.4. The van der Waals surface area contributed by atoms with E-state index in [2.05, 4.69) is 87.4 Å². The van der Waals surface area contributed by atoms with Crippen LogP contribution in [0.5, 0.6) is 0 Å². The molecule has 3 aromatic heterocycles. The molecule has 0 spiro atoms. The van der Waals surface area contributed by atoms with Crippen LogP contribution >= 0.6 is 11.3 Å². The lowest BCUT2D eigenvalue weighted by molar-refractivity contribution is -0.154. The number of aromatic nitrogens is 3. The highest BCUT2D eigenvalue weighted by atomic mass is 32.1. The van der Waals surface area contributed by atoms with Gasteiger partial charge in [0.1, 0.15) is 16.9 Å². The van der Waals surface area contributed by atoms with Gasteiger partial charge < -0.3 is 38.3 Å². The Morgan fingerprint density at radius 1 is 0.975 bits per heavy atom. The summed E-state index contributed by atoms with van der Waals surface area (Å²) in [5.74, 6) is 6.37. The maximum Gasteiger partial charge on any atom is 0.261 e. The van der Waals surface area contributed by atoms with Gasteiger partial charge in [0.25, 0.3) is 5.91 Å². The molecule has 428 valence electrons. The topological polar surface area (TPSA) is 154 Å². The van der Waals surface area contributed by atoms with Crippen molar-refractivity contribution >= 4 is 34.1 Å². The summed E-state index contributed by atoms with van der Waals surface area (Å²) in [5.41, 5.74) is 11.6. The lowest BCUT2D eigenvalue weighted by Gasteiger charge is -2.50. The average Bonchev–Trinajstić information content (AvgIpc) is 3.91. The molecule has 2 saturated carbocycles. The summed E-state index contributed by atoms with van der Waals surface area (Å²) in [4.78, 5) is 45.2. The second-order valence-electron chi connectivity index (χ2n) is 23.6. The van der Waals surface area contributed by atoms with Gasteiger partial charge >= 0.3 is 0 Å². The Bertz CT molecular complexity index is 3020. The van der Waals surface area contributed by atoms with Crippen molar-refractivity contribution in [3.8, 4) is 34.4 Å². The zero-order chi connectivity index (χ0) is 55.5. The number of nitrogens with zero attached hydrogens (tertiary/aromatic N) is 6. The van der Waals surface area contributed by atoms with E-state index in [0.29, 0.717) is 91.4 Å². The lowest BCUT2D eigenvalue weighted by Crippen LogP contribution is -2.67. The van der Waals surface area contributed by atoms with Gasteiger partial charge in [0.2, 0.25) is 5.91 Å². The van der Waals surface area contributed by atoms with E-state index in [1.54, 1.807) is 31.4 Å². The van der Waals surface area contributed by atoms with Crippen molar-refractivity contribution in [1.82, 2.24) is 40.1 Å². The molecule has 8 heterocycles. The molecule has 1 unspecified atom stereocenters. The van der Waals surface area contributed by atoms with Gasteiger partial charge in [0, 0.05) is 118 Å². The van der Waals surface area contributed by atoms with E-state index >= 15 is 4.79 Å². The van der Waals surface area contributed by atoms with E-state index < -0.39 is 12.1 Å². The summed E-state index contributed by atoms with van der Waals surface area (Å²) in [5, 5.41) is 9.05.